The molecule has 0 heterocycles. The van der Waals surface area contributed by atoms with Crippen molar-refractivity contribution in [3.63, 3.8) is 0 Å². The van der Waals surface area contributed by atoms with Gasteiger partial charge in [-0.15, -0.1) is 0 Å². The predicted octanol–water partition coefficient (Wildman–Crippen LogP) is -2.93. The minimum absolute atomic E-state index is 0. The molecule has 0 aliphatic rings. The second-order valence-electron chi connectivity index (χ2n) is 2.36. The fourth-order valence-electron chi connectivity index (χ4n) is 0. The summed E-state index contributed by atoms with van der Waals surface area (Å²) in [7, 11) is 0. The second-order valence-corrected chi connectivity index (χ2v) is 2.36. The zero-order valence-corrected chi connectivity index (χ0v) is 11.1. The van der Waals surface area contributed by atoms with Crippen molar-refractivity contribution in [3.05, 3.63) is 0 Å². The summed E-state index contributed by atoms with van der Waals surface area (Å²) in [6, 6.07) is 0. The molecule has 7 nitrogen and oxygen atoms in total. The van der Waals surface area contributed by atoms with E-state index in [1.807, 2.05) is 0 Å². The first-order valence-electron chi connectivity index (χ1n) is 3.68. The number of hydrogen-bond donors (Lipinski definition) is 0. The van der Waals surface area contributed by atoms with Crippen LogP contribution in [0.15, 0.2) is 0 Å². The molecule has 0 spiro atoms. The van der Waals surface area contributed by atoms with E-state index in [1.54, 1.807) is 0 Å². The Bertz CT molecular complexity index is 315. The van der Waals surface area contributed by atoms with Crippen molar-refractivity contribution < 1.29 is 97.1 Å². The van der Waals surface area contributed by atoms with Crippen LogP contribution in [0.4, 0.5) is 39.5 Å². The third-order valence-corrected chi connectivity index (χ3v) is 0.694. The van der Waals surface area contributed by atoms with E-state index in [0.29, 0.717) is 0 Å². The fourth-order valence-corrected chi connectivity index (χ4v) is 0. The summed E-state index contributed by atoms with van der Waals surface area (Å²) in [6.45, 7) is 0. The monoisotopic (exact) mass is 464 g/mol. The molecule has 23 heavy (non-hydrogen) atoms. The van der Waals surface area contributed by atoms with Crippen molar-refractivity contribution in [1.82, 2.24) is 0 Å². The molecule has 0 rings (SSSR count). The van der Waals surface area contributed by atoms with Crippen LogP contribution in [0.1, 0.15) is 0 Å². The minimum Gasteiger partial charge on any atom is -0.542 e. The Balaban J connectivity index is -0.0000000675. The molecule has 0 saturated heterocycles. The van der Waals surface area contributed by atoms with Crippen molar-refractivity contribution >= 4 is 17.9 Å². The second kappa shape index (κ2) is 12.0. The molecule has 0 aliphatic carbocycles. The molecule has 145 valence electrons. The largest absolute Gasteiger partial charge is 0.542 e. The van der Waals surface area contributed by atoms with Crippen molar-refractivity contribution in [3.8, 4) is 0 Å². The summed E-state index contributed by atoms with van der Waals surface area (Å²) < 4.78 is 94.6. The van der Waals surface area contributed by atoms with E-state index in [4.69, 9.17) is 29.7 Å². The van der Waals surface area contributed by atoms with Gasteiger partial charge in [0.25, 0.3) is 0 Å². The smallest absolute Gasteiger partial charge is 0.430 e. The van der Waals surface area contributed by atoms with Crippen LogP contribution in [0, 0.1) is 0 Å². The van der Waals surface area contributed by atoms with E-state index < -0.39 is 36.4 Å². The van der Waals surface area contributed by atoms with Gasteiger partial charge in [-0.25, -0.2) is 0 Å². The van der Waals surface area contributed by atoms with Crippen LogP contribution in [0.2, 0.25) is 0 Å². The maximum Gasteiger partial charge on any atom is 0.430 e. The molecular formula is C6H2AgF9O7-3. The Hall–Kier alpha value is -1.52. The Morgan fingerprint density at radius 1 is 0.522 bits per heavy atom. The van der Waals surface area contributed by atoms with Gasteiger partial charge in [-0.2, -0.15) is 39.5 Å². The van der Waals surface area contributed by atoms with Crippen LogP contribution in [0.3, 0.4) is 0 Å². The molecule has 0 saturated carbocycles. The van der Waals surface area contributed by atoms with Gasteiger partial charge in [0.15, 0.2) is 0 Å². The minimum atomic E-state index is -5.19. The van der Waals surface area contributed by atoms with Crippen LogP contribution in [0.25, 0.3) is 0 Å². The summed E-state index contributed by atoms with van der Waals surface area (Å²) in [4.78, 5) is 26.4. The van der Waals surface area contributed by atoms with E-state index in [1.165, 1.54) is 0 Å². The van der Waals surface area contributed by atoms with Crippen LogP contribution in [-0.4, -0.2) is 41.9 Å². The average molecular weight is 465 g/mol. The van der Waals surface area contributed by atoms with Gasteiger partial charge in [0.05, 0.1) is 0 Å². The van der Waals surface area contributed by atoms with Crippen LogP contribution in [0.5, 0.6) is 0 Å². The molecule has 0 amide bonds. The van der Waals surface area contributed by atoms with Crippen molar-refractivity contribution in [1.29, 1.82) is 0 Å². The number of halogens is 9. The molecule has 1 radical (unpaired) electrons. The zero-order chi connectivity index (χ0) is 18.2. The third-order valence-electron chi connectivity index (χ3n) is 0.694. The molecule has 0 fully saturated rings. The molecule has 0 aromatic rings. The van der Waals surface area contributed by atoms with Gasteiger partial charge in [0, 0.05) is 22.4 Å². The van der Waals surface area contributed by atoms with Gasteiger partial charge in [-0.1, -0.05) is 0 Å². The summed E-state index contributed by atoms with van der Waals surface area (Å²) in [5.74, 6) is -9.02. The number of rotatable bonds is 0. The van der Waals surface area contributed by atoms with Crippen LogP contribution in [-0.2, 0) is 36.8 Å². The van der Waals surface area contributed by atoms with Gasteiger partial charge >= 0.3 is 18.5 Å². The van der Waals surface area contributed by atoms with E-state index in [-0.39, 0.29) is 27.9 Å². The number of aliphatic carboxylic acids is 3. The standard InChI is InChI=1S/3C2HF3O2.Ag.H2O/c3*3-2(4,5)1(6)7;;/h3*(H,6,7);;1H2/p-3. The van der Waals surface area contributed by atoms with E-state index in [9.17, 15) is 39.5 Å². The Morgan fingerprint density at radius 2 is 0.565 bits per heavy atom. The predicted molar refractivity (Wildman–Crippen MR) is 36.8 cm³/mol. The first kappa shape index (κ1) is 33.2. The van der Waals surface area contributed by atoms with Crippen molar-refractivity contribution in [2.75, 3.05) is 0 Å². The van der Waals surface area contributed by atoms with Crippen LogP contribution < -0.4 is 15.3 Å². The maximum absolute atomic E-state index is 10.5. The average Bonchev–Trinajstić information content (AvgIpc) is 2.14. The number of carbonyl (C=O) groups excluding carboxylic acids is 3. The number of carboxylic acids is 3. The summed E-state index contributed by atoms with van der Waals surface area (Å²) in [5.41, 5.74) is 0. The van der Waals surface area contributed by atoms with Gasteiger partial charge in [-0.05, 0) is 0 Å². The summed E-state index contributed by atoms with van der Waals surface area (Å²) in [6.07, 6.45) is -15.6. The Morgan fingerprint density at radius 3 is 0.565 bits per heavy atom. The third kappa shape index (κ3) is 25.8. The SMILES string of the molecule is O.O=C([O-])C(F)(F)F.O=C([O-])C(F)(F)F.O=C([O-])C(F)(F)F.[Ag]. The molecule has 17 heteroatoms. The molecule has 0 bridgehead atoms. The first-order valence-corrected chi connectivity index (χ1v) is 3.68. The Kier molecular flexibility index (Phi) is 17.3. The van der Waals surface area contributed by atoms with E-state index in [0.717, 1.165) is 0 Å². The molecule has 0 unspecified atom stereocenters. The number of carboxylic acid groups (broad SMARTS) is 3. The topological polar surface area (TPSA) is 152 Å². The van der Waals surface area contributed by atoms with E-state index >= 15 is 0 Å². The van der Waals surface area contributed by atoms with Gasteiger partial charge < -0.3 is 35.2 Å². The van der Waals surface area contributed by atoms with Gasteiger partial charge in [0.1, 0.15) is 17.9 Å². The summed E-state index contributed by atoms with van der Waals surface area (Å²) in [5, 5.41) is 26.4. The molecule has 0 aromatic carbocycles. The number of alkyl halides is 9. The number of hydrogen-bond acceptors (Lipinski definition) is 6. The number of carbonyl (C=O) groups is 3. The molecule has 0 atom stereocenters. The fraction of sp³-hybridized carbons (Fsp3) is 0.500. The molecular weight excluding hydrogens is 463 g/mol. The zero-order valence-electron chi connectivity index (χ0n) is 9.65. The van der Waals surface area contributed by atoms with E-state index in [2.05, 4.69) is 0 Å². The quantitative estimate of drug-likeness (QED) is 0.276. The van der Waals surface area contributed by atoms with Gasteiger partial charge in [0.2, 0.25) is 0 Å². The maximum atomic E-state index is 10.5. The van der Waals surface area contributed by atoms with Crippen LogP contribution >= 0.6 is 0 Å². The summed E-state index contributed by atoms with van der Waals surface area (Å²) >= 11 is 0. The van der Waals surface area contributed by atoms with Crippen molar-refractivity contribution in [2.24, 2.45) is 0 Å². The Labute approximate surface area is 134 Å². The molecule has 0 aliphatic heterocycles. The normalized spacial score (nSPS) is 10.3. The molecule has 0 aromatic heterocycles. The molecule has 2 N–H and O–H groups in total. The van der Waals surface area contributed by atoms with Crippen molar-refractivity contribution in [2.45, 2.75) is 18.5 Å². The first-order chi connectivity index (χ1) is 8.83. The van der Waals surface area contributed by atoms with Gasteiger partial charge in [-0.3, -0.25) is 0 Å².